The second-order valence-electron chi connectivity index (χ2n) is 10.9. The Bertz CT molecular complexity index is 914. The van der Waals surface area contributed by atoms with Crippen molar-refractivity contribution in [1.82, 2.24) is 0 Å². The highest BCUT2D eigenvalue weighted by molar-refractivity contribution is 5.92. The molecule has 4 aliphatic rings. The summed E-state index contributed by atoms with van der Waals surface area (Å²) in [5.41, 5.74) is 3.23. The molecular weight excluding hydrogens is 372 g/mol. The first-order chi connectivity index (χ1) is 14.3. The molecule has 0 bridgehead atoms. The molecule has 0 heterocycles. The van der Waals surface area contributed by atoms with Gasteiger partial charge in [-0.2, -0.15) is 0 Å². The van der Waals surface area contributed by atoms with Gasteiger partial charge in [0.05, 0.1) is 5.56 Å². The number of allylic oxidation sites excluding steroid dienone is 1. The van der Waals surface area contributed by atoms with Crippen LogP contribution in [0, 0.1) is 35.5 Å². The lowest BCUT2D eigenvalue weighted by Gasteiger charge is -2.59. The van der Waals surface area contributed by atoms with Crippen molar-refractivity contribution in [2.75, 3.05) is 0 Å². The highest BCUT2D eigenvalue weighted by Crippen LogP contribution is 2.65. The van der Waals surface area contributed by atoms with E-state index in [1.54, 1.807) is 0 Å². The first kappa shape index (κ1) is 20.0. The molecule has 3 nitrogen and oxygen atoms in total. The number of aryl methyl sites for hydroxylation is 1. The van der Waals surface area contributed by atoms with E-state index in [0.29, 0.717) is 23.8 Å². The second kappa shape index (κ2) is 7.07. The van der Waals surface area contributed by atoms with E-state index in [1.807, 2.05) is 37.3 Å². The Morgan fingerprint density at radius 3 is 2.70 bits per heavy atom. The van der Waals surface area contributed by atoms with Crippen LogP contribution >= 0.6 is 0 Å². The van der Waals surface area contributed by atoms with Crippen LogP contribution in [0.25, 0.3) is 0 Å². The van der Waals surface area contributed by atoms with Crippen LogP contribution in [0.3, 0.4) is 0 Å². The summed E-state index contributed by atoms with van der Waals surface area (Å²) < 4.78 is 6.39. The van der Waals surface area contributed by atoms with E-state index in [1.165, 1.54) is 24.8 Å². The number of carbonyl (C=O) groups is 2. The van der Waals surface area contributed by atoms with Gasteiger partial charge in [-0.25, -0.2) is 4.79 Å². The van der Waals surface area contributed by atoms with Gasteiger partial charge in [-0.3, -0.25) is 4.79 Å². The minimum atomic E-state index is -0.177. The molecule has 0 aromatic heterocycles. The Morgan fingerprint density at radius 2 is 1.90 bits per heavy atom. The van der Waals surface area contributed by atoms with E-state index in [0.717, 1.165) is 37.2 Å². The lowest BCUT2D eigenvalue weighted by Crippen LogP contribution is -2.56. The van der Waals surface area contributed by atoms with Gasteiger partial charge in [0.15, 0.2) is 5.78 Å². The summed E-state index contributed by atoms with van der Waals surface area (Å²) in [4.78, 5) is 25.4. The quantitative estimate of drug-likeness (QED) is 0.561. The third-order valence-electron chi connectivity index (χ3n) is 9.27. The van der Waals surface area contributed by atoms with E-state index in [2.05, 4.69) is 13.8 Å². The summed E-state index contributed by atoms with van der Waals surface area (Å²) in [6.07, 6.45) is 10.4. The van der Waals surface area contributed by atoms with Crippen LogP contribution in [-0.2, 0) is 9.53 Å². The largest absolute Gasteiger partial charge is 0.458 e. The molecule has 0 aliphatic heterocycles. The number of ether oxygens (including phenoxy) is 1. The smallest absolute Gasteiger partial charge is 0.338 e. The van der Waals surface area contributed by atoms with Gasteiger partial charge in [0.25, 0.3) is 0 Å². The molecular formula is C27H34O3. The number of esters is 1. The summed E-state index contributed by atoms with van der Waals surface area (Å²) >= 11 is 0. The minimum absolute atomic E-state index is 0.0164. The molecule has 0 radical (unpaired) electrons. The molecule has 1 aromatic carbocycles. The number of benzene rings is 1. The van der Waals surface area contributed by atoms with Crippen LogP contribution in [0.4, 0.5) is 0 Å². The predicted octanol–water partition coefficient (Wildman–Crippen LogP) is 6.05. The maximum atomic E-state index is 13.2. The molecule has 1 unspecified atom stereocenters. The summed E-state index contributed by atoms with van der Waals surface area (Å²) in [6, 6.07) is 7.73. The minimum Gasteiger partial charge on any atom is -0.458 e. The highest BCUT2D eigenvalue weighted by atomic mass is 16.5. The zero-order valence-electron chi connectivity index (χ0n) is 18.6. The fourth-order valence-electron chi connectivity index (χ4n) is 7.77. The molecule has 0 N–H and O–H groups in total. The molecule has 0 amide bonds. The zero-order valence-corrected chi connectivity index (χ0v) is 18.6. The molecule has 30 heavy (non-hydrogen) atoms. The van der Waals surface area contributed by atoms with Gasteiger partial charge in [-0.05, 0) is 85.8 Å². The van der Waals surface area contributed by atoms with Crippen molar-refractivity contribution < 1.29 is 14.3 Å². The van der Waals surface area contributed by atoms with Crippen LogP contribution < -0.4 is 0 Å². The molecule has 6 atom stereocenters. The summed E-state index contributed by atoms with van der Waals surface area (Å²) in [7, 11) is 0. The normalized spacial score (nSPS) is 40.1. The van der Waals surface area contributed by atoms with E-state index < -0.39 is 0 Å². The molecule has 0 spiro atoms. The van der Waals surface area contributed by atoms with Gasteiger partial charge in [0, 0.05) is 12.3 Å². The summed E-state index contributed by atoms with van der Waals surface area (Å²) in [5, 5.41) is 0. The summed E-state index contributed by atoms with van der Waals surface area (Å²) in [6.45, 7) is 6.77. The topological polar surface area (TPSA) is 43.4 Å². The number of rotatable bonds is 2. The van der Waals surface area contributed by atoms with Crippen molar-refractivity contribution in [3.8, 4) is 0 Å². The first-order valence-electron chi connectivity index (χ1n) is 11.8. The monoisotopic (exact) mass is 406 g/mol. The molecule has 1 aromatic rings. The molecule has 3 heteroatoms. The maximum Gasteiger partial charge on any atom is 0.338 e. The van der Waals surface area contributed by atoms with E-state index in [-0.39, 0.29) is 28.7 Å². The van der Waals surface area contributed by atoms with Crippen molar-refractivity contribution in [3.63, 3.8) is 0 Å². The number of carbonyl (C=O) groups excluding carboxylic acids is 2. The Balaban J connectivity index is 1.53. The molecule has 160 valence electrons. The van der Waals surface area contributed by atoms with Crippen LogP contribution in [0.2, 0.25) is 0 Å². The second-order valence-corrected chi connectivity index (χ2v) is 10.9. The van der Waals surface area contributed by atoms with Crippen molar-refractivity contribution >= 4 is 11.8 Å². The fourth-order valence-corrected chi connectivity index (χ4v) is 7.77. The van der Waals surface area contributed by atoms with Crippen LogP contribution in [-0.4, -0.2) is 17.9 Å². The van der Waals surface area contributed by atoms with Crippen molar-refractivity contribution in [2.24, 2.45) is 28.6 Å². The van der Waals surface area contributed by atoms with Gasteiger partial charge < -0.3 is 4.74 Å². The molecule has 5 rings (SSSR count). The van der Waals surface area contributed by atoms with E-state index in [9.17, 15) is 9.59 Å². The van der Waals surface area contributed by atoms with Crippen LogP contribution in [0.5, 0.6) is 0 Å². The molecule has 0 saturated heterocycles. The first-order valence-corrected chi connectivity index (χ1v) is 11.8. The third-order valence-corrected chi connectivity index (χ3v) is 9.27. The van der Waals surface area contributed by atoms with E-state index in [4.69, 9.17) is 4.74 Å². The third kappa shape index (κ3) is 2.99. The van der Waals surface area contributed by atoms with Crippen LogP contribution in [0.1, 0.15) is 81.1 Å². The van der Waals surface area contributed by atoms with Gasteiger partial charge in [-0.15, -0.1) is 0 Å². The lowest BCUT2D eigenvalue weighted by atomic mass is 9.46. The Hall–Kier alpha value is -1.90. The average Bonchev–Trinajstić information content (AvgIpc) is 3.10. The van der Waals surface area contributed by atoms with Gasteiger partial charge >= 0.3 is 5.97 Å². The zero-order chi connectivity index (χ0) is 21.1. The standard InChI is InChI=1S/C27H34O3/c1-17-7-4-5-8-20(17)25(29)30-23-16-26(2)13-6-9-22(26)21-11-10-18-15-19(28)12-14-27(18,3)24(21)23/h4-5,7-8,15,21-24H,6,9-14,16H2,1-3H3/t21-,22-,23?,24-,26-,27-/m0/s1. The predicted molar refractivity (Wildman–Crippen MR) is 117 cm³/mol. The Morgan fingerprint density at radius 1 is 1.10 bits per heavy atom. The average molecular weight is 407 g/mol. The van der Waals surface area contributed by atoms with Crippen molar-refractivity contribution in [2.45, 2.75) is 78.2 Å². The van der Waals surface area contributed by atoms with Gasteiger partial charge in [0.1, 0.15) is 6.10 Å². The number of fused-ring (bicyclic) bond motifs is 5. The summed E-state index contributed by atoms with van der Waals surface area (Å²) in [5.74, 6) is 1.75. The van der Waals surface area contributed by atoms with E-state index >= 15 is 0 Å². The SMILES string of the molecule is Cc1ccccc1C(=O)OC1C[C@]2(C)CCC[C@H]2[C@@H]2CCC3=CC(=O)CC[C@]3(C)[C@H]12. The van der Waals surface area contributed by atoms with Crippen molar-refractivity contribution in [3.05, 3.63) is 47.0 Å². The lowest BCUT2D eigenvalue weighted by molar-refractivity contribution is -0.130. The van der Waals surface area contributed by atoms with Crippen molar-refractivity contribution in [1.29, 1.82) is 0 Å². The molecule has 3 saturated carbocycles. The molecule has 4 aliphatic carbocycles. The maximum absolute atomic E-state index is 13.2. The Kier molecular flexibility index (Phi) is 4.72. The van der Waals surface area contributed by atoms with Gasteiger partial charge in [0.2, 0.25) is 0 Å². The Labute approximate surface area is 180 Å². The number of hydrogen-bond donors (Lipinski definition) is 0. The molecule has 3 fully saturated rings. The number of hydrogen-bond acceptors (Lipinski definition) is 3. The van der Waals surface area contributed by atoms with Gasteiger partial charge in [-0.1, -0.05) is 44.0 Å². The highest BCUT2D eigenvalue weighted by Gasteiger charge is 2.60. The van der Waals surface area contributed by atoms with Crippen LogP contribution in [0.15, 0.2) is 35.9 Å². The fraction of sp³-hybridized carbons (Fsp3) is 0.630. The number of ketones is 1.